The molecule has 1 aromatic rings. The van der Waals surface area contributed by atoms with E-state index in [9.17, 15) is 5.11 Å². The van der Waals surface area contributed by atoms with Crippen LogP contribution >= 0.6 is 0 Å². The van der Waals surface area contributed by atoms with Crippen LogP contribution in [0.15, 0.2) is 24.3 Å². The van der Waals surface area contributed by atoms with Crippen LogP contribution in [-0.4, -0.2) is 5.11 Å². The van der Waals surface area contributed by atoms with Crippen molar-refractivity contribution in [2.24, 2.45) is 5.41 Å². The fourth-order valence-electron chi connectivity index (χ4n) is 2.80. The molecule has 0 bridgehead atoms. The zero-order chi connectivity index (χ0) is 11.6. The first kappa shape index (κ1) is 11.7. The van der Waals surface area contributed by atoms with Crippen molar-refractivity contribution in [3.63, 3.8) is 0 Å². The van der Waals surface area contributed by atoms with Crippen LogP contribution in [0.4, 0.5) is 0 Å². The van der Waals surface area contributed by atoms with Gasteiger partial charge in [-0.05, 0) is 35.8 Å². The average Bonchev–Trinajstić information content (AvgIpc) is 2.32. The van der Waals surface area contributed by atoms with Gasteiger partial charge in [0.05, 0.1) is 6.10 Å². The summed E-state index contributed by atoms with van der Waals surface area (Å²) in [5.41, 5.74) is 2.58. The first-order chi connectivity index (χ1) is 7.67. The number of aliphatic hydroxyl groups is 1. The molecule has 0 fully saturated rings. The quantitative estimate of drug-likeness (QED) is 0.816. The Morgan fingerprint density at radius 3 is 2.88 bits per heavy atom. The van der Waals surface area contributed by atoms with Crippen molar-refractivity contribution in [2.75, 3.05) is 0 Å². The second kappa shape index (κ2) is 4.58. The number of unbranched alkanes of at least 4 members (excludes halogenated alkanes) is 1. The molecule has 1 aliphatic carbocycles. The van der Waals surface area contributed by atoms with Gasteiger partial charge in [-0.15, -0.1) is 0 Å². The molecule has 0 amide bonds. The molecule has 0 radical (unpaired) electrons. The predicted molar refractivity (Wildman–Crippen MR) is 67.4 cm³/mol. The van der Waals surface area contributed by atoms with Crippen molar-refractivity contribution < 1.29 is 5.11 Å². The van der Waals surface area contributed by atoms with Crippen LogP contribution in [0, 0.1) is 5.41 Å². The molecule has 0 saturated heterocycles. The Bertz CT molecular complexity index is 358. The van der Waals surface area contributed by atoms with E-state index in [1.54, 1.807) is 0 Å². The van der Waals surface area contributed by atoms with Gasteiger partial charge in [0.1, 0.15) is 0 Å². The van der Waals surface area contributed by atoms with Crippen molar-refractivity contribution in [1.82, 2.24) is 0 Å². The normalized spacial score (nSPS) is 28.8. The SMILES string of the molecule is CCCC[C@@]1(C)CCc2ccccc2[C@@H]1O. The van der Waals surface area contributed by atoms with Crippen LogP contribution in [-0.2, 0) is 6.42 Å². The van der Waals surface area contributed by atoms with Gasteiger partial charge < -0.3 is 5.11 Å². The summed E-state index contributed by atoms with van der Waals surface area (Å²) in [5.74, 6) is 0. The molecule has 1 heteroatoms. The van der Waals surface area contributed by atoms with E-state index in [0.717, 1.165) is 24.8 Å². The Hall–Kier alpha value is -0.820. The van der Waals surface area contributed by atoms with Gasteiger partial charge in [-0.2, -0.15) is 0 Å². The lowest BCUT2D eigenvalue weighted by atomic mass is 9.68. The highest BCUT2D eigenvalue weighted by Crippen LogP contribution is 2.46. The molecule has 16 heavy (non-hydrogen) atoms. The van der Waals surface area contributed by atoms with Crippen molar-refractivity contribution in [1.29, 1.82) is 0 Å². The molecule has 1 nitrogen and oxygen atoms in total. The maximum absolute atomic E-state index is 10.5. The van der Waals surface area contributed by atoms with Crippen LogP contribution in [0.1, 0.15) is 56.8 Å². The summed E-state index contributed by atoms with van der Waals surface area (Å²) in [4.78, 5) is 0. The topological polar surface area (TPSA) is 20.2 Å². The van der Waals surface area contributed by atoms with E-state index in [0.29, 0.717) is 0 Å². The molecule has 0 unspecified atom stereocenters. The summed E-state index contributed by atoms with van der Waals surface area (Å²) >= 11 is 0. The van der Waals surface area contributed by atoms with E-state index in [1.165, 1.54) is 18.4 Å². The Morgan fingerprint density at radius 1 is 1.38 bits per heavy atom. The molecule has 2 atom stereocenters. The second-order valence-electron chi connectivity index (χ2n) is 5.36. The lowest BCUT2D eigenvalue weighted by molar-refractivity contribution is 0.0123. The first-order valence-electron chi connectivity index (χ1n) is 6.43. The maximum Gasteiger partial charge on any atom is 0.0846 e. The van der Waals surface area contributed by atoms with E-state index in [4.69, 9.17) is 0 Å². The zero-order valence-electron chi connectivity index (χ0n) is 10.4. The summed E-state index contributed by atoms with van der Waals surface area (Å²) in [6, 6.07) is 8.34. The predicted octanol–water partition coefficient (Wildman–Crippen LogP) is 3.86. The van der Waals surface area contributed by atoms with Crippen LogP contribution in [0.3, 0.4) is 0 Å². The Kier molecular flexibility index (Phi) is 3.34. The number of fused-ring (bicyclic) bond motifs is 1. The van der Waals surface area contributed by atoms with Gasteiger partial charge in [-0.1, -0.05) is 51.0 Å². The monoisotopic (exact) mass is 218 g/mol. The Balaban J connectivity index is 2.23. The molecule has 2 rings (SSSR count). The molecular formula is C15H22O. The lowest BCUT2D eigenvalue weighted by Gasteiger charge is -2.40. The largest absolute Gasteiger partial charge is 0.388 e. The van der Waals surface area contributed by atoms with E-state index in [1.807, 2.05) is 6.07 Å². The molecular weight excluding hydrogens is 196 g/mol. The smallest absolute Gasteiger partial charge is 0.0846 e. The minimum Gasteiger partial charge on any atom is -0.388 e. The minimum absolute atomic E-state index is 0.0877. The Morgan fingerprint density at radius 2 is 2.12 bits per heavy atom. The van der Waals surface area contributed by atoms with E-state index in [2.05, 4.69) is 32.0 Å². The highest BCUT2D eigenvalue weighted by atomic mass is 16.3. The third-order valence-electron chi connectivity index (χ3n) is 4.08. The fraction of sp³-hybridized carbons (Fsp3) is 0.600. The van der Waals surface area contributed by atoms with Gasteiger partial charge in [0.15, 0.2) is 0 Å². The minimum atomic E-state index is -0.274. The van der Waals surface area contributed by atoms with Gasteiger partial charge in [0.25, 0.3) is 0 Å². The van der Waals surface area contributed by atoms with Gasteiger partial charge in [-0.25, -0.2) is 0 Å². The lowest BCUT2D eigenvalue weighted by Crippen LogP contribution is -2.31. The number of hydrogen-bond acceptors (Lipinski definition) is 1. The van der Waals surface area contributed by atoms with Crippen molar-refractivity contribution in [3.05, 3.63) is 35.4 Å². The number of aliphatic hydroxyl groups excluding tert-OH is 1. The summed E-state index contributed by atoms with van der Waals surface area (Å²) in [7, 11) is 0. The van der Waals surface area contributed by atoms with Gasteiger partial charge in [-0.3, -0.25) is 0 Å². The van der Waals surface area contributed by atoms with E-state index in [-0.39, 0.29) is 11.5 Å². The third-order valence-corrected chi connectivity index (χ3v) is 4.08. The average molecular weight is 218 g/mol. The first-order valence-corrected chi connectivity index (χ1v) is 6.43. The van der Waals surface area contributed by atoms with E-state index < -0.39 is 0 Å². The van der Waals surface area contributed by atoms with Crippen LogP contribution < -0.4 is 0 Å². The number of hydrogen-bond donors (Lipinski definition) is 1. The fourth-order valence-corrected chi connectivity index (χ4v) is 2.80. The highest BCUT2D eigenvalue weighted by molar-refractivity contribution is 5.33. The van der Waals surface area contributed by atoms with Crippen LogP contribution in [0.25, 0.3) is 0 Å². The molecule has 0 heterocycles. The molecule has 0 spiro atoms. The number of benzene rings is 1. The highest BCUT2D eigenvalue weighted by Gasteiger charge is 2.37. The van der Waals surface area contributed by atoms with Crippen LogP contribution in [0.2, 0.25) is 0 Å². The van der Waals surface area contributed by atoms with E-state index >= 15 is 0 Å². The van der Waals surface area contributed by atoms with Crippen molar-refractivity contribution >= 4 is 0 Å². The van der Waals surface area contributed by atoms with Gasteiger partial charge in [0, 0.05) is 0 Å². The number of aryl methyl sites for hydroxylation is 1. The zero-order valence-corrected chi connectivity index (χ0v) is 10.4. The molecule has 1 N–H and O–H groups in total. The summed E-state index contributed by atoms with van der Waals surface area (Å²) in [6.45, 7) is 4.45. The second-order valence-corrected chi connectivity index (χ2v) is 5.36. The molecule has 0 saturated carbocycles. The van der Waals surface area contributed by atoms with Crippen LogP contribution in [0.5, 0.6) is 0 Å². The molecule has 88 valence electrons. The standard InChI is InChI=1S/C15H22O/c1-3-4-10-15(2)11-9-12-7-5-6-8-13(12)14(15)16/h5-8,14,16H,3-4,9-11H2,1-2H3/t14-,15-/m0/s1. The van der Waals surface area contributed by atoms with Crippen molar-refractivity contribution in [3.8, 4) is 0 Å². The molecule has 1 aliphatic rings. The number of rotatable bonds is 3. The molecule has 0 aromatic heterocycles. The van der Waals surface area contributed by atoms with Gasteiger partial charge in [0.2, 0.25) is 0 Å². The summed E-state index contributed by atoms with van der Waals surface area (Å²) in [6.07, 6.45) is 5.53. The van der Waals surface area contributed by atoms with Gasteiger partial charge >= 0.3 is 0 Å². The Labute approximate surface area is 98.5 Å². The third kappa shape index (κ3) is 2.01. The maximum atomic E-state index is 10.5. The summed E-state index contributed by atoms with van der Waals surface area (Å²) in [5, 5.41) is 10.5. The molecule has 1 aromatic carbocycles. The van der Waals surface area contributed by atoms with Crippen molar-refractivity contribution in [2.45, 2.75) is 52.1 Å². The molecule has 0 aliphatic heterocycles. The summed E-state index contributed by atoms with van der Waals surface area (Å²) < 4.78 is 0.